The third-order valence-electron chi connectivity index (χ3n) is 3.68. The quantitative estimate of drug-likeness (QED) is 0.724. The number of rotatable bonds is 5. The van der Waals surface area contributed by atoms with E-state index in [0.717, 1.165) is 16.1 Å². The van der Waals surface area contributed by atoms with Gasteiger partial charge in [0.15, 0.2) is 5.69 Å². The number of hydrogen-bond acceptors (Lipinski definition) is 4. The molecule has 0 saturated carbocycles. The van der Waals surface area contributed by atoms with E-state index in [4.69, 9.17) is 0 Å². The Morgan fingerprint density at radius 1 is 1.22 bits per heavy atom. The van der Waals surface area contributed by atoms with Crippen LogP contribution in [0.3, 0.4) is 0 Å². The fourth-order valence-corrected chi connectivity index (χ4v) is 3.11. The van der Waals surface area contributed by atoms with Crippen LogP contribution in [-0.2, 0) is 13.1 Å². The lowest BCUT2D eigenvalue weighted by molar-refractivity contribution is 0.0779. The second-order valence-corrected chi connectivity index (χ2v) is 6.44. The van der Waals surface area contributed by atoms with E-state index in [1.54, 1.807) is 28.0 Å². The lowest BCUT2D eigenvalue weighted by Gasteiger charge is -2.15. The van der Waals surface area contributed by atoms with Gasteiger partial charge in [-0.1, -0.05) is 41.6 Å². The van der Waals surface area contributed by atoms with Crippen molar-refractivity contribution in [3.8, 4) is 0 Å². The van der Waals surface area contributed by atoms with Crippen LogP contribution in [0.4, 0.5) is 0 Å². The molecule has 0 radical (unpaired) electrons. The molecular weight excluding hydrogens is 308 g/mol. The summed E-state index contributed by atoms with van der Waals surface area (Å²) in [6.45, 7) is 3.08. The van der Waals surface area contributed by atoms with Crippen molar-refractivity contribution in [3.63, 3.8) is 0 Å². The number of nitrogens with zero attached hydrogens (tertiary/aromatic N) is 4. The molecule has 0 aliphatic heterocycles. The number of benzene rings is 1. The standard InChI is InChI=1S/C17H18N4OS/c1-13-16(17(22)20(2)12-15-9-6-10-23-15)18-19-21(13)11-14-7-4-3-5-8-14/h3-10H,11-12H2,1-2H3. The lowest BCUT2D eigenvalue weighted by atomic mass is 10.2. The summed E-state index contributed by atoms with van der Waals surface area (Å²) in [5.74, 6) is -0.102. The molecule has 0 aliphatic carbocycles. The summed E-state index contributed by atoms with van der Waals surface area (Å²) in [5.41, 5.74) is 2.34. The normalized spacial score (nSPS) is 10.7. The highest BCUT2D eigenvalue weighted by Crippen LogP contribution is 2.14. The summed E-state index contributed by atoms with van der Waals surface area (Å²) in [5, 5.41) is 10.2. The average Bonchev–Trinajstić information content (AvgIpc) is 3.19. The average molecular weight is 326 g/mol. The van der Waals surface area contributed by atoms with Crippen LogP contribution in [-0.4, -0.2) is 32.8 Å². The van der Waals surface area contributed by atoms with Gasteiger partial charge in [-0.25, -0.2) is 4.68 Å². The highest BCUT2D eigenvalue weighted by Gasteiger charge is 2.20. The smallest absolute Gasteiger partial charge is 0.276 e. The molecule has 118 valence electrons. The molecule has 3 rings (SSSR count). The van der Waals surface area contributed by atoms with E-state index in [1.807, 2.05) is 54.8 Å². The minimum Gasteiger partial charge on any atom is -0.335 e. The number of aromatic nitrogens is 3. The van der Waals surface area contributed by atoms with Gasteiger partial charge in [0.25, 0.3) is 5.91 Å². The number of hydrogen-bond donors (Lipinski definition) is 0. The van der Waals surface area contributed by atoms with Crippen molar-refractivity contribution >= 4 is 17.2 Å². The van der Waals surface area contributed by atoms with Crippen LogP contribution in [0.15, 0.2) is 47.8 Å². The molecule has 0 N–H and O–H groups in total. The van der Waals surface area contributed by atoms with Gasteiger partial charge in [-0.3, -0.25) is 4.79 Å². The molecule has 2 aromatic heterocycles. The Morgan fingerprint density at radius 3 is 2.70 bits per heavy atom. The first-order valence-corrected chi connectivity index (χ1v) is 8.25. The minimum absolute atomic E-state index is 0.102. The van der Waals surface area contributed by atoms with Crippen molar-refractivity contribution in [1.29, 1.82) is 0 Å². The van der Waals surface area contributed by atoms with Crippen LogP contribution in [0.25, 0.3) is 0 Å². The van der Waals surface area contributed by atoms with Gasteiger partial charge in [0.2, 0.25) is 0 Å². The Morgan fingerprint density at radius 2 is 2.00 bits per heavy atom. The predicted octanol–water partition coefficient (Wildman–Crippen LogP) is 2.97. The summed E-state index contributed by atoms with van der Waals surface area (Å²) >= 11 is 1.64. The monoisotopic (exact) mass is 326 g/mol. The van der Waals surface area contributed by atoms with Crippen LogP contribution in [0.1, 0.15) is 26.6 Å². The van der Waals surface area contributed by atoms with Crippen molar-refractivity contribution in [1.82, 2.24) is 19.9 Å². The Bertz CT molecular complexity index is 780. The fraction of sp³-hybridized carbons (Fsp3) is 0.235. The van der Waals surface area contributed by atoms with Crippen molar-refractivity contribution in [2.75, 3.05) is 7.05 Å². The number of thiophene rings is 1. The van der Waals surface area contributed by atoms with E-state index in [2.05, 4.69) is 10.3 Å². The van der Waals surface area contributed by atoms with Gasteiger partial charge in [0.05, 0.1) is 18.8 Å². The molecule has 2 heterocycles. The summed E-state index contributed by atoms with van der Waals surface area (Å²) in [6, 6.07) is 14.0. The van der Waals surface area contributed by atoms with E-state index in [1.165, 1.54) is 0 Å². The molecule has 0 fully saturated rings. The maximum atomic E-state index is 12.6. The molecule has 0 saturated heterocycles. The molecule has 1 aromatic carbocycles. The lowest BCUT2D eigenvalue weighted by Crippen LogP contribution is -2.27. The SMILES string of the molecule is Cc1c(C(=O)N(C)Cc2cccs2)nnn1Cc1ccccc1. The second kappa shape index (κ2) is 6.75. The van der Waals surface area contributed by atoms with Gasteiger partial charge in [0, 0.05) is 11.9 Å². The molecule has 0 aliphatic rings. The first-order chi connectivity index (χ1) is 11.1. The molecule has 1 amide bonds. The van der Waals surface area contributed by atoms with Crippen LogP contribution in [0.5, 0.6) is 0 Å². The molecule has 23 heavy (non-hydrogen) atoms. The topological polar surface area (TPSA) is 51.0 Å². The van der Waals surface area contributed by atoms with Crippen LogP contribution in [0, 0.1) is 6.92 Å². The molecule has 0 atom stereocenters. The van der Waals surface area contributed by atoms with Crippen molar-refractivity contribution in [2.24, 2.45) is 0 Å². The van der Waals surface area contributed by atoms with Crippen LogP contribution >= 0.6 is 11.3 Å². The highest BCUT2D eigenvalue weighted by atomic mass is 32.1. The Kier molecular flexibility index (Phi) is 4.52. The molecule has 6 heteroatoms. The van der Waals surface area contributed by atoms with Gasteiger partial charge in [0.1, 0.15) is 0 Å². The zero-order valence-corrected chi connectivity index (χ0v) is 14.0. The number of amides is 1. The van der Waals surface area contributed by atoms with Gasteiger partial charge >= 0.3 is 0 Å². The van der Waals surface area contributed by atoms with Crippen LogP contribution in [0.2, 0.25) is 0 Å². The van der Waals surface area contributed by atoms with E-state index >= 15 is 0 Å². The van der Waals surface area contributed by atoms with Gasteiger partial charge in [-0.05, 0) is 23.9 Å². The Hall–Kier alpha value is -2.47. The van der Waals surface area contributed by atoms with E-state index in [9.17, 15) is 4.79 Å². The first kappa shape index (κ1) is 15.4. The summed E-state index contributed by atoms with van der Waals surface area (Å²) in [7, 11) is 1.79. The maximum absolute atomic E-state index is 12.6. The summed E-state index contributed by atoms with van der Waals surface area (Å²) < 4.78 is 1.77. The third-order valence-corrected chi connectivity index (χ3v) is 4.54. The molecule has 5 nitrogen and oxygen atoms in total. The largest absolute Gasteiger partial charge is 0.335 e. The Balaban J connectivity index is 1.74. The van der Waals surface area contributed by atoms with Crippen molar-refractivity contribution in [3.05, 3.63) is 69.7 Å². The molecule has 0 unspecified atom stereocenters. The second-order valence-electron chi connectivity index (χ2n) is 5.41. The van der Waals surface area contributed by atoms with E-state index < -0.39 is 0 Å². The van der Waals surface area contributed by atoms with E-state index in [0.29, 0.717) is 18.8 Å². The van der Waals surface area contributed by atoms with E-state index in [-0.39, 0.29) is 5.91 Å². The molecular formula is C17H18N4OS. The maximum Gasteiger partial charge on any atom is 0.276 e. The number of carbonyl (C=O) groups excluding carboxylic acids is 1. The van der Waals surface area contributed by atoms with Crippen molar-refractivity contribution < 1.29 is 4.79 Å². The van der Waals surface area contributed by atoms with Gasteiger partial charge in [-0.15, -0.1) is 16.4 Å². The first-order valence-electron chi connectivity index (χ1n) is 7.37. The predicted molar refractivity (Wildman–Crippen MR) is 90.4 cm³/mol. The number of carbonyl (C=O) groups is 1. The summed E-state index contributed by atoms with van der Waals surface area (Å²) in [4.78, 5) is 15.4. The fourth-order valence-electron chi connectivity index (χ4n) is 2.35. The zero-order valence-electron chi connectivity index (χ0n) is 13.1. The molecule has 0 bridgehead atoms. The summed E-state index contributed by atoms with van der Waals surface area (Å²) in [6.07, 6.45) is 0. The molecule has 0 spiro atoms. The van der Waals surface area contributed by atoms with Gasteiger partial charge in [-0.2, -0.15) is 0 Å². The molecule has 3 aromatic rings. The van der Waals surface area contributed by atoms with Crippen molar-refractivity contribution in [2.45, 2.75) is 20.0 Å². The van der Waals surface area contributed by atoms with Gasteiger partial charge < -0.3 is 4.90 Å². The van der Waals surface area contributed by atoms with Crippen LogP contribution < -0.4 is 0 Å². The minimum atomic E-state index is -0.102. The third kappa shape index (κ3) is 3.48. The zero-order chi connectivity index (χ0) is 16.2. The Labute approximate surface area is 139 Å². The highest BCUT2D eigenvalue weighted by molar-refractivity contribution is 7.09.